The van der Waals surface area contributed by atoms with Crippen molar-refractivity contribution in [1.82, 2.24) is 0 Å². The van der Waals surface area contributed by atoms with Gasteiger partial charge < -0.3 is 0 Å². The SMILES string of the molecule is Cc1c[pH]c(C)p1. The van der Waals surface area contributed by atoms with Gasteiger partial charge >= 0.3 is 0 Å². The summed E-state index contributed by atoms with van der Waals surface area (Å²) in [5.41, 5.74) is 0. The summed E-state index contributed by atoms with van der Waals surface area (Å²) in [5, 5.41) is 3.13. The Hall–Kier alpha value is 0.210. The van der Waals surface area contributed by atoms with Crippen molar-refractivity contribution in [1.29, 1.82) is 0 Å². The first-order chi connectivity index (χ1) is 3.29. The van der Waals surface area contributed by atoms with Crippen molar-refractivity contribution < 1.29 is 0 Å². The van der Waals surface area contributed by atoms with Crippen molar-refractivity contribution in [2.24, 2.45) is 0 Å². The van der Waals surface area contributed by atoms with E-state index in [0.29, 0.717) is 0 Å². The van der Waals surface area contributed by atoms with Gasteiger partial charge in [-0.1, -0.05) is 8.19 Å². The van der Waals surface area contributed by atoms with Crippen molar-refractivity contribution in [2.75, 3.05) is 0 Å². The zero-order valence-electron chi connectivity index (χ0n) is 4.52. The van der Waals surface area contributed by atoms with E-state index in [0.717, 1.165) is 8.19 Å². The van der Waals surface area contributed by atoms with E-state index in [1.807, 2.05) is 0 Å². The van der Waals surface area contributed by atoms with E-state index < -0.39 is 0 Å². The van der Waals surface area contributed by atoms with E-state index in [1.54, 1.807) is 5.03 Å². The van der Waals surface area contributed by atoms with Crippen LogP contribution in [-0.2, 0) is 0 Å². The van der Waals surface area contributed by atoms with Crippen LogP contribution in [0.3, 0.4) is 0 Å². The van der Waals surface area contributed by atoms with Crippen LogP contribution in [0.25, 0.3) is 0 Å². The quantitative estimate of drug-likeness (QED) is 0.506. The number of rotatable bonds is 0. The molecule has 0 nitrogen and oxygen atoms in total. The molecule has 1 aromatic heterocycles. The summed E-state index contributed by atoms with van der Waals surface area (Å²) in [7, 11) is 2.48. The topological polar surface area (TPSA) is 0 Å². The molecule has 7 heavy (non-hydrogen) atoms. The van der Waals surface area contributed by atoms with Crippen LogP contribution in [0.5, 0.6) is 0 Å². The second-order valence-electron chi connectivity index (χ2n) is 1.63. The van der Waals surface area contributed by atoms with Crippen LogP contribution in [0.1, 0.15) is 10.3 Å². The molecule has 0 saturated heterocycles. The first-order valence-corrected chi connectivity index (χ1v) is 4.25. The van der Waals surface area contributed by atoms with E-state index >= 15 is 0 Å². The van der Waals surface area contributed by atoms with Crippen LogP contribution in [0.2, 0.25) is 0 Å². The Morgan fingerprint density at radius 2 is 2.29 bits per heavy atom. The molecular weight excluding hydrogens is 122 g/mol. The van der Waals surface area contributed by atoms with Crippen LogP contribution in [0.4, 0.5) is 0 Å². The minimum Gasteiger partial charge on any atom is -0.131 e. The Labute approximate surface area is 47.1 Å². The van der Waals surface area contributed by atoms with Crippen molar-refractivity contribution in [3.63, 3.8) is 0 Å². The highest BCUT2D eigenvalue weighted by atomic mass is 31.1. The summed E-state index contributed by atoms with van der Waals surface area (Å²) in [5.74, 6) is 2.32. The summed E-state index contributed by atoms with van der Waals surface area (Å²) in [6.45, 7) is 4.40. The van der Waals surface area contributed by atoms with Gasteiger partial charge in [0, 0.05) is 0 Å². The van der Waals surface area contributed by atoms with Crippen LogP contribution in [0, 0.1) is 13.8 Å². The van der Waals surface area contributed by atoms with Gasteiger partial charge in [0.15, 0.2) is 0 Å². The first-order valence-electron chi connectivity index (χ1n) is 2.27. The largest absolute Gasteiger partial charge is 0.131 e. The van der Waals surface area contributed by atoms with Crippen LogP contribution in [0.15, 0.2) is 5.80 Å². The fraction of sp³-hybridized carbons (Fsp3) is 0.400. The number of hydrogen-bond donors (Lipinski definition) is 0. The van der Waals surface area contributed by atoms with Gasteiger partial charge in [0.25, 0.3) is 0 Å². The van der Waals surface area contributed by atoms with Gasteiger partial charge in [-0.2, -0.15) is 0 Å². The Morgan fingerprint density at radius 3 is 2.43 bits per heavy atom. The maximum atomic E-state index is 2.32. The average Bonchev–Trinajstić information content (AvgIpc) is 1.87. The molecule has 0 aliphatic carbocycles. The molecule has 0 aromatic carbocycles. The second kappa shape index (κ2) is 1.99. The second-order valence-corrected chi connectivity index (χ2v) is 4.98. The molecule has 0 N–H and O–H groups in total. The zero-order chi connectivity index (χ0) is 5.28. The highest BCUT2D eigenvalue weighted by molar-refractivity contribution is 7.49. The third-order valence-corrected chi connectivity index (χ3v) is 3.61. The highest BCUT2D eigenvalue weighted by Crippen LogP contribution is 2.28. The van der Waals surface area contributed by atoms with Gasteiger partial charge in [-0.15, -0.1) is 8.19 Å². The van der Waals surface area contributed by atoms with E-state index in [1.165, 1.54) is 13.5 Å². The van der Waals surface area contributed by atoms with Crippen LogP contribution in [-0.4, -0.2) is 0 Å². The Balaban J connectivity index is 3.04. The van der Waals surface area contributed by atoms with Gasteiger partial charge in [0.2, 0.25) is 0 Å². The predicted octanol–water partition coefficient (Wildman–Crippen LogP) is 2.91. The maximum Gasteiger partial charge on any atom is -0.00698 e. The molecule has 1 unspecified atom stereocenters. The van der Waals surface area contributed by atoms with Gasteiger partial charge in [-0.25, -0.2) is 0 Å². The molecule has 0 saturated carbocycles. The molecule has 38 valence electrons. The van der Waals surface area contributed by atoms with Gasteiger partial charge in [0.1, 0.15) is 0 Å². The van der Waals surface area contributed by atoms with Gasteiger partial charge in [-0.3, -0.25) is 0 Å². The van der Waals surface area contributed by atoms with Gasteiger partial charge in [-0.05, 0) is 30.0 Å². The van der Waals surface area contributed by atoms with E-state index in [-0.39, 0.29) is 0 Å². The molecule has 1 heterocycles. The van der Waals surface area contributed by atoms with Crippen LogP contribution >= 0.6 is 16.4 Å². The third kappa shape index (κ3) is 1.30. The molecule has 0 fully saturated rings. The molecule has 1 atom stereocenters. The zero-order valence-corrected chi connectivity index (χ0v) is 6.42. The fourth-order valence-electron chi connectivity index (χ4n) is 0.538. The Kier molecular flexibility index (Phi) is 1.52. The fourth-order valence-corrected chi connectivity index (χ4v) is 2.92. The minimum atomic E-state index is 1.01. The van der Waals surface area contributed by atoms with Crippen molar-refractivity contribution in [3.05, 3.63) is 16.1 Å². The average molecular weight is 130 g/mol. The molecule has 0 amide bonds. The molecule has 0 aliphatic heterocycles. The lowest BCUT2D eigenvalue weighted by Gasteiger charge is -1.70. The summed E-state index contributed by atoms with van der Waals surface area (Å²) >= 11 is 0. The lowest BCUT2D eigenvalue weighted by Crippen LogP contribution is -1.40. The van der Waals surface area contributed by atoms with Crippen molar-refractivity contribution >= 4 is 16.4 Å². The first kappa shape index (κ1) is 5.35. The number of hydrogen-bond acceptors (Lipinski definition) is 0. The van der Waals surface area contributed by atoms with E-state index in [2.05, 4.69) is 19.6 Å². The van der Waals surface area contributed by atoms with Crippen molar-refractivity contribution in [2.45, 2.75) is 13.8 Å². The third-order valence-electron chi connectivity index (χ3n) is 0.834. The summed E-state index contributed by atoms with van der Waals surface area (Å²) in [4.78, 5) is 0. The van der Waals surface area contributed by atoms with Crippen molar-refractivity contribution in [3.8, 4) is 0 Å². The molecule has 0 aliphatic rings. The highest BCUT2D eigenvalue weighted by Gasteiger charge is 1.84. The molecule has 0 bridgehead atoms. The molecule has 1 rings (SSSR count). The summed E-state index contributed by atoms with van der Waals surface area (Å²) in [6, 6.07) is 0. The van der Waals surface area contributed by atoms with E-state index in [9.17, 15) is 0 Å². The number of aryl methyl sites for hydroxylation is 2. The smallest absolute Gasteiger partial charge is 0.00698 e. The maximum absolute atomic E-state index is 2.32. The monoisotopic (exact) mass is 130 g/mol. The standard InChI is InChI=1S/C5H8P2/c1-4-3-6-5(2)7-4/h3,6H,1-2H3. The summed E-state index contributed by atoms with van der Waals surface area (Å²) < 4.78 is 0. The lowest BCUT2D eigenvalue weighted by molar-refractivity contribution is 1.67. The Bertz CT molecular complexity index is 138. The Morgan fingerprint density at radius 1 is 1.57 bits per heavy atom. The minimum absolute atomic E-state index is 1.01. The van der Waals surface area contributed by atoms with Gasteiger partial charge in [0.05, 0.1) is 0 Å². The molecule has 0 radical (unpaired) electrons. The predicted molar refractivity (Wildman–Crippen MR) is 37.9 cm³/mol. The summed E-state index contributed by atoms with van der Waals surface area (Å²) in [6.07, 6.45) is 0. The molecule has 1 aromatic rings. The molecule has 2 heteroatoms. The lowest BCUT2D eigenvalue weighted by atomic mass is 10.7. The normalized spacial score (nSPS) is 11.7. The van der Waals surface area contributed by atoms with E-state index in [4.69, 9.17) is 0 Å². The molecular formula is C5H8P2. The van der Waals surface area contributed by atoms with Crippen LogP contribution < -0.4 is 0 Å². The molecule has 0 spiro atoms.